The van der Waals surface area contributed by atoms with E-state index in [1.54, 1.807) is 6.92 Å². The van der Waals surface area contributed by atoms with Crippen molar-refractivity contribution in [1.29, 1.82) is 0 Å². The standard InChI is InChI=1S/C7H6F2IN/c1-4-2-6(7(8)9)11-3-5(4)10/h2-3,7H,1H3. The molecule has 1 nitrogen and oxygen atoms in total. The predicted molar refractivity (Wildman–Crippen MR) is 46.6 cm³/mol. The highest BCUT2D eigenvalue weighted by atomic mass is 127. The molecule has 0 atom stereocenters. The molecule has 0 radical (unpaired) electrons. The Morgan fingerprint density at radius 2 is 2.18 bits per heavy atom. The molecule has 0 aliphatic heterocycles. The fourth-order valence-corrected chi connectivity index (χ4v) is 0.975. The molecular weight excluding hydrogens is 263 g/mol. The van der Waals surface area contributed by atoms with Gasteiger partial charge in [-0.15, -0.1) is 0 Å². The van der Waals surface area contributed by atoms with Crippen molar-refractivity contribution in [3.63, 3.8) is 0 Å². The van der Waals surface area contributed by atoms with Crippen LogP contribution in [0.5, 0.6) is 0 Å². The van der Waals surface area contributed by atoms with E-state index in [2.05, 4.69) is 27.6 Å². The zero-order valence-corrected chi connectivity index (χ0v) is 7.97. The molecule has 0 aromatic carbocycles. The van der Waals surface area contributed by atoms with E-state index in [1.807, 2.05) is 0 Å². The molecule has 0 aliphatic carbocycles. The number of nitrogens with zero attached hydrogens (tertiary/aromatic N) is 1. The van der Waals surface area contributed by atoms with Gasteiger partial charge in [-0.3, -0.25) is 4.98 Å². The van der Waals surface area contributed by atoms with Gasteiger partial charge in [0, 0.05) is 9.77 Å². The molecule has 1 aromatic heterocycles. The van der Waals surface area contributed by atoms with Gasteiger partial charge >= 0.3 is 0 Å². The average Bonchev–Trinajstić information content (AvgIpc) is 1.94. The Balaban J connectivity index is 3.05. The summed E-state index contributed by atoms with van der Waals surface area (Å²) in [7, 11) is 0. The molecule has 0 bridgehead atoms. The quantitative estimate of drug-likeness (QED) is 0.714. The van der Waals surface area contributed by atoms with Crippen molar-refractivity contribution in [2.75, 3.05) is 0 Å². The predicted octanol–water partition coefficient (Wildman–Crippen LogP) is 2.93. The third-order valence-corrected chi connectivity index (χ3v) is 2.42. The number of rotatable bonds is 1. The van der Waals surface area contributed by atoms with Crippen LogP contribution in [0.15, 0.2) is 12.3 Å². The minimum Gasteiger partial charge on any atom is -0.254 e. The van der Waals surface area contributed by atoms with Gasteiger partial charge in [-0.1, -0.05) is 0 Å². The molecule has 0 N–H and O–H groups in total. The first kappa shape index (κ1) is 8.83. The fourth-order valence-electron chi connectivity index (χ4n) is 0.680. The van der Waals surface area contributed by atoms with E-state index in [1.165, 1.54) is 12.3 Å². The monoisotopic (exact) mass is 269 g/mol. The highest BCUT2D eigenvalue weighted by molar-refractivity contribution is 14.1. The van der Waals surface area contributed by atoms with E-state index in [4.69, 9.17) is 0 Å². The van der Waals surface area contributed by atoms with Crippen molar-refractivity contribution in [3.8, 4) is 0 Å². The van der Waals surface area contributed by atoms with Gasteiger partial charge in [0.15, 0.2) is 0 Å². The lowest BCUT2D eigenvalue weighted by atomic mass is 10.2. The summed E-state index contributed by atoms with van der Waals surface area (Å²) in [6.45, 7) is 1.79. The summed E-state index contributed by atoms with van der Waals surface area (Å²) in [4.78, 5) is 3.58. The van der Waals surface area contributed by atoms with Crippen LogP contribution in [0.2, 0.25) is 0 Å². The van der Waals surface area contributed by atoms with Crippen LogP contribution in [-0.4, -0.2) is 4.98 Å². The maximum absolute atomic E-state index is 12.0. The lowest BCUT2D eigenvalue weighted by Gasteiger charge is -2.00. The second-order valence-electron chi connectivity index (χ2n) is 2.16. The average molecular weight is 269 g/mol. The van der Waals surface area contributed by atoms with Crippen molar-refractivity contribution >= 4 is 22.6 Å². The minimum atomic E-state index is -2.47. The number of alkyl halides is 2. The first-order valence-electron chi connectivity index (χ1n) is 3.01. The van der Waals surface area contributed by atoms with Gasteiger partial charge < -0.3 is 0 Å². The van der Waals surface area contributed by atoms with Gasteiger partial charge in [-0.25, -0.2) is 8.78 Å². The molecule has 1 heterocycles. The molecule has 0 saturated carbocycles. The van der Waals surface area contributed by atoms with E-state index in [0.29, 0.717) is 0 Å². The summed E-state index contributed by atoms with van der Waals surface area (Å²) in [6.07, 6.45) is -1.01. The highest BCUT2D eigenvalue weighted by Gasteiger charge is 2.08. The summed E-state index contributed by atoms with van der Waals surface area (Å²) in [5, 5.41) is 0. The summed E-state index contributed by atoms with van der Waals surface area (Å²) < 4.78 is 24.9. The van der Waals surface area contributed by atoms with Gasteiger partial charge in [-0.05, 0) is 41.1 Å². The summed E-state index contributed by atoms with van der Waals surface area (Å²) in [6, 6.07) is 1.41. The number of halogens is 3. The van der Waals surface area contributed by atoms with Gasteiger partial charge in [0.1, 0.15) is 5.69 Å². The number of pyridine rings is 1. The van der Waals surface area contributed by atoms with Crippen LogP contribution < -0.4 is 0 Å². The third kappa shape index (κ3) is 2.08. The molecule has 60 valence electrons. The SMILES string of the molecule is Cc1cc(C(F)F)ncc1I. The van der Waals surface area contributed by atoms with E-state index in [9.17, 15) is 8.78 Å². The van der Waals surface area contributed by atoms with Crippen molar-refractivity contribution in [2.24, 2.45) is 0 Å². The largest absolute Gasteiger partial charge is 0.280 e. The molecule has 0 amide bonds. The Morgan fingerprint density at radius 3 is 2.64 bits per heavy atom. The first-order valence-corrected chi connectivity index (χ1v) is 4.09. The summed E-state index contributed by atoms with van der Waals surface area (Å²) in [5.41, 5.74) is 0.693. The Bertz CT molecular complexity index is 263. The van der Waals surface area contributed by atoms with E-state index in [0.717, 1.165) is 9.13 Å². The van der Waals surface area contributed by atoms with Gasteiger partial charge in [0.05, 0.1) is 0 Å². The van der Waals surface area contributed by atoms with Crippen molar-refractivity contribution in [2.45, 2.75) is 13.3 Å². The second-order valence-corrected chi connectivity index (χ2v) is 3.32. The Hall–Kier alpha value is -0.260. The lowest BCUT2D eigenvalue weighted by molar-refractivity contribution is 0.146. The molecule has 0 unspecified atom stereocenters. The van der Waals surface area contributed by atoms with Crippen molar-refractivity contribution < 1.29 is 8.78 Å². The Morgan fingerprint density at radius 1 is 1.55 bits per heavy atom. The Labute approximate surface area is 77.0 Å². The van der Waals surface area contributed by atoms with E-state index < -0.39 is 6.43 Å². The zero-order chi connectivity index (χ0) is 8.43. The van der Waals surface area contributed by atoms with Crippen LogP contribution in [-0.2, 0) is 0 Å². The highest BCUT2D eigenvalue weighted by Crippen LogP contribution is 2.19. The van der Waals surface area contributed by atoms with Crippen LogP contribution in [0, 0.1) is 10.5 Å². The zero-order valence-electron chi connectivity index (χ0n) is 5.81. The van der Waals surface area contributed by atoms with Crippen molar-refractivity contribution in [3.05, 3.63) is 27.1 Å². The maximum atomic E-state index is 12.0. The molecule has 1 aromatic rings. The second kappa shape index (κ2) is 3.42. The Kier molecular flexibility index (Phi) is 2.75. The van der Waals surface area contributed by atoms with E-state index in [-0.39, 0.29) is 5.69 Å². The fraction of sp³-hybridized carbons (Fsp3) is 0.286. The number of aromatic nitrogens is 1. The molecule has 1 rings (SSSR count). The molecule has 0 aliphatic rings. The third-order valence-electron chi connectivity index (χ3n) is 1.29. The van der Waals surface area contributed by atoms with Crippen LogP contribution in [0.3, 0.4) is 0 Å². The molecule has 0 spiro atoms. The summed E-state index contributed by atoms with van der Waals surface area (Å²) in [5.74, 6) is 0. The molecule has 4 heteroatoms. The topological polar surface area (TPSA) is 12.9 Å². The first-order chi connectivity index (χ1) is 5.11. The van der Waals surface area contributed by atoms with Crippen LogP contribution in [0.25, 0.3) is 0 Å². The number of hydrogen-bond donors (Lipinski definition) is 0. The summed E-state index contributed by atoms with van der Waals surface area (Å²) >= 11 is 2.06. The smallest absolute Gasteiger partial charge is 0.254 e. The number of aryl methyl sites for hydroxylation is 1. The minimum absolute atomic E-state index is 0.150. The van der Waals surface area contributed by atoms with Gasteiger partial charge in [-0.2, -0.15) is 0 Å². The number of hydrogen-bond acceptors (Lipinski definition) is 1. The van der Waals surface area contributed by atoms with Crippen LogP contribution in [0.4, 0.5) is 8.78 Å². The molecule has 0 saturated heterocycles. The van der Waals surface area contributed by atoms with E-state index >= 15 is 0 Å². The molecular formula is C7H6F2IN. The van der Waals surface area contributed by atoms with Gasteiger partial charge in [0.25, 0.3) is 6.43 Å². The van der Waals surface area contributed by atoms with Crippen LogP contribution >= 0.6 is 22.6 Å². The normalized spacial score (nSPS) is 10.6. The molecule has 0 fully saturated rings. The molecule has 11 heavy (non-hydrogen) atoms. The van der Waals surface area contributed by atoms with Crippen molar-refractivity contribution in [1.82, 2.24) is 4.98 Å². The van der Waals surface area contributed by atoms with Crippen LogP contribution in [0.1, 0.15) is 17.7 Å². The maximum Gasteiger partial charge on any atom is 0.280 e. The lowest BCUT2D eigenvalue weighted by Crippen LogP contribution is -1.92. The van der Waals surface area contributed by atoms with Gasteiger partial charge in [0.2, 0.25) is 0 Å².